The van der Waals surface area contributed by atoms with Crippen LogP contribution in [0.1, 0.15) is 19.8 Å². The highest BCUT2D eigenvalue weighted by Gasteiger charge is 2.02. The lowest BCUT2D eigenvalue weighted by molar-refractivity contribution is 0.415. The molecule has 0 saturated heterocycles. The Hall–Kier alpha value is -1.58. The van der Waals surface area contributed by atoms with E-state index in [4.69, 9.17) is 10.3 Å². The van der Waals surface area contributed by atoms with Crippen molar-refractivity contribution >= 4 is 11.4 Å². The molecule has 0 spiro atoms. The number of rotatable bonds is 6. The molecule has 0 heterocycles. The quantitative estimate of drug-likeness (QED) is 0.553. The van der Waals surface area contributed by atoms with Crippen LogP contribution in [0, 0.1) is 5.53 Å². The highest BCUT2D eigenvalue weighted by Crippen LogP contribution is 2.29. The Morgan fingerprint density at radius 2 is 2.27 bits per heavy atom. The first-order valence-electron chi connectivity index (χ1n) is 5.11. The van der Waals surface area contributed by atoms with Gasteiger partial charge < -0.3 is 10.1 Å². The summed E-state index contributed by atoms with van der Waals surface area (Å²) in [6.07, 6.45) is 2.26. The molecule has 0 unspecified atom stereocenters. The summed E-state index contributed by atoms with van der Waals surface area (Å²) < 4.78 is 5.07. The molecule has 4 nitrogen and oxygen atoms in total. The van der Waals surface area contributed by atoms with Crippen LogP contribution in [-0.2, 0) is 0 Å². The van der Waals surface area contributed by atoms with E-state index in [0.29, 0.717) is 5.69 Å². The Bertz CT molecular complexity index is 326. The van der Waals surface area contributed by atoms with Crippen LogP contribution in [-0.4, -0.2) is 13.7 Å². The molecule has 15 heavy (non-hydrogen) atoms. The summed E-state index contributed by atoms with van der Waals surface area (Å²) >= 11 is 0. The van der Waals surface area contributed by atoms with Gasteiger partial charge in [-0.1, -0.05) is 13.3 Å². The van der Waals surface area contributed by atoms with Crippen LogP contribution in [0.5, 0.6) is 5.75 Å². The van der Waals surface area contributed by atoms with Crippen molar-refractivity contribution in [1.29, 1.82) is 5.53 Å². The summed E-state index contributed by atoms with van der Waals surface area (Å²) in [5.41, 5.74) is 8.57. The van der Waals surface area contributed by atoms with Gasteiger partial charge in [-0.05, 0) is 18.6 Å². The average Bonchev–Trinajstić information content (AvgIpc) is 2.29. The van der Waals surface area contributed by atoms with E-state index in [9.17, 15) is 0 Å². The first-order chi connectivity index (χ1) is 7.31. The van der Waals surface area contributed by atoms with E-state index in [1.165, 1.54) is 0 Å². The van der Waals surface area contributed by atoms with E-state index in [-0.39, 0.29) is 0 Å². The zero-order chi connectivity index (χ0) is 11.1. The van der Waals surface area contributed by atoms with Crippen molar-refractivity contribution in [3.05, 3.63) is 18.2 Å². The maximum Gasteiger partial charge on any atom is 0.121 e. The second-order valence-corrected chi connectivity index (χ2v) is 3.28. The third kappa shape index (κ3) is 3.23. The Morgan fingerprint density at radius 3 is 2.87 bits per heavy atom. The van der Waals surface area contributed by atoms with Crippen LogP contribution >= 0.6 is 0 Å². The molecule has 0 aliphatic heterocycles. The van der Waals surface area contributed by atoms with Gasteiger partial charge in [0.1, 0.15) is 11.4 Å². The van der Waals surface area contributed by atoms with Crippen LogP contribution in [0.2, 0.25) is 0 Å². The second-order valence-electron chi connectivity index (χ2n) is 3.28. The van der Waals surface area contributed by atoms with Crippen molar-refractivity contribution in [2.45, 2.75) is 19.8 Å². The number of methoxy groups -OCH3 is 1. The SMILES string of the molecule is CCCCNc1ccc(OC)cc1N=N. The molecule has 0 saturated carbocycles. The monoisotopic (exact) mass is 207 g/mol. The zero-order valence-corrected chi connectivity index (χ0v) is 9.21. The summed E-state index contributed by atoms with van der Waals surface area (Å²) in [5.74, 6) is 0.724. The van der Waals surface area contributed by atoms with Gasteiger partial charge in [0, 0.05) is 12.6 Å². The highest BCUT2D eigenvalue weighted by molar-refractivity contribution is 5.67. The first-order valence-corrected chi connectivity index (χ1v) is 5.11. The lowest BCUT2D eigenvalue weighted by Crippen LogP contribution is -2.00. The fourth-order valence-electron chi connectivity index (χ4n) is 1.28. The Kier molecular flexibility index (Phi) is 4.60. The lowest BCUT2D eigenvalue weighted by atomic mass is 10.2. The van der Waals surface area contributed by atoms with Crippen LogP contribution in [0.25, 0.3) is 0 Å². The van der Waals surface area contributed by atoms with Gasteiger partial charge in [0.05, 0.1) is 12.8 Å². The van der Waals surface area contributed by atoms with Gasteiger partial charge in [-0.2, -0.15) is 5.11 Å². The van der Waals surface area contributed by atoms with Crippen LogP contribution in [0.3, 0.4) is 0 Å². The van der Waals surface area contributed by atoms with E-state index in [2.05, 4.69) is 17.4 Å². The molecule has 1 rings (SSSR count). The third-order valence-corrected chi connectivity index (χ3v) is 2.17. The Labute approximate surface area is 90.2 Å². The van der Waals surface area contributed by atoms with E-state index >= 15 is 0 Å². The van der Waals surface area contributed by atoms with Crippen molar-refractivity contribution in [3.8, 4) is 5.75 Å². The van der Waals surface area contributed by atoms with Gasteiger partial charge in [0.15, 0.2) is 0 Å². The smallest absolute Gasteiger partial charge is 0.121 e. The molecule has 1 aromatic carbocycles. The van der Waals surface area contributed by atoms with E-state index in [1.807, 2.05) is 12.1 Å². The molecule has 0 aromatic heterocycles. The molecule has 0 atom stereocenters. The van der Waals surface area contributed by atoms with Gasteiger partial charge in [-0.3, -0.25) is 0 Å². The molecule has 0 bridgehead atoms. The normalized spacial score (nSPS) is 9.73. The molecule has 0 amide bonds. The number of benzene rings is 1. The molecule has 2 N–H and O–H groups in total. The number of nitrogens with zero attached hydrogens (tertiary/aromatic N) is 1. The fraction of sp³-hybridized carbons (Fsp3) is 0.455. The molecule has 4 heteroatoms. The van der Waals surface area contributed by atoms with Crippen molar-refractivity contribution in [2.75, 3.05) is 19.0 Å². The molecular weight excluding hydrogens is 190 g/mol. The van der Waals surface area contributed by atoms with Crippen LogP contribution < -0.4 is 10.1 Å². The molecule has 0 radical (unpaired) electrons. The van der Waals surface area contributed by atoms with E-state index < -0.39 is 0 Å². The van der Waals surface area contributed by atoms with Crippen LogP contribution in [0.15, 0.2) is 23.3 Å². The third-order valence-electron chi connectivity index (χ3n) is 2.17. The van der Waals surface area contributed by atoms with Gasteiger partial charge in [-0.25, -0.2) is 5.53 Å². The number of hydrogen-bond acceptors (Lipinski definition) is 4. The molecular formula is C11H17N3O. The number of anilines is 1. The first kappa shape index (κ1) is 11.5. The minimum Gasteiger partial charge on any atom is -0.497 e. The Morgan fingerprint density at radius 1 is 1.47 bits per heavy atom. The van der Waals surface area contributed by atoms with Crippen molar-refractivity contribution in [1.82, 2.24) is 0 Å². The summed E-state index contributed by atoms with van der Waals surface area (Å²) in [6, 6.07) is 5.51. The molecule has 1 aromatic rings. The van der Waals surface area contributed by atoms with Gasteiger partial charge in [0.25, 0.3) is 0 Å². The maximum atomic E-state index is 7.07. The largest absolute Gasteiger partial charge is 0.497 e. The topological polar surface area (TPSA) is 57.5 Å². The number of ether oxygens (including phenoxy) is 1. The minimum absolute atomic E-state index is 0.616. The standard InChI is InChI=1S/C11H17N3O/c1-3-4-7-13-10-6-5-9(15-2)8-11(10)14-12/h5-6,8,12-13H,3-4,7H2,1-2H3. The zero-order valence-electron chi connectivity index (χ0n) is 9.21. The average molecular weight is 207 g/mol. The predicted molar refractivity (Wildman–Crippen MR) is 61.2 cm³/mol. The van der Waals surface area contributed by atoms with Crippen molar-refractivity contribution in [2.24, 2.45) is 5.11 Å². The lowest BCUT2D eigenvalue weighted by Gasteiger charge is -2.09. The minimum atomic E-state index is 0.616. The van der Waals surface area contributed by atoms with Gasteiger partial charge in [-0.15, -0.1) is 0 Å². The Balaban J connectivity index is 2.73. The number of nitrogens with one attached hydrogen (secondary N) is 2. The number of hydrogen-bond donors (Lipinski definition) is 2. The van der Waals surface area contributed by atoms with E-state index in [0.717, 1.165) is 30.8 Å². The molecule has 0 aliphatic rings. The number of unbranched alkanes of at least 4 members (excludes halogenated alkanes) is 1. The maximum absolute atomic E-state index is 7.07. The molecule has 82 valence electrons. The summed E-state index contributed by atoms with van der Waals surface area (Å²) in [4.78, 5) is 0. The van der Waals surface area contributed by atoms with Crippen molar-refractivity contribution in [3.63, 3.8) is 0 Å². The second kappa shape index (κ2) is 6.01. The molecule has 0 fully saturated rings. The highest BCUT2D eigenvalue weighted by atomic mass is 16.5. The van der Waals surface area contributed by atoms with Gasteiger partial charge >= 0.3 is 0 Å². The van der Waals surface area contributed by atoms with Crippen molar-refractivity contribution < 1.29 is 4.74 Å². The molecule has 0 aliphatic carbocycles. The van der Waals surface area contributed by atoms with Gasteiger partial charge in [0.2, 0.25) is 0 Å². The fourth-order valence-corrected chi connectivity index (χ4v) is 1.28. The van der Waals surface area contributed by atoms with E-state index in [1.54, 1.807) is 13.2 Å². The summed E-state index contributed by atoms with van der Waals surface area (Å²) in [7, 11) is 1.60. The summed E-state index contributed by atoms with van der Waals surface area (Å²) in [5, 5.41) is 6.71. The summed E-state index contributed by atoms with van der Waals surface area (Å²) in [6.45, 7) is 3.05. The van der Waals surface area contributed by atoms with Crippen LogP contribution in [0.4, 0.5) is 11.4 Å². The predicted octanol–water partition coefficient (Wildman–Crippen LogP) is 3.57.